The smallest absolute Gasteiger partial charge is 0.227 e. The lowest BCUT2D eigenvalue weighted by Crippen LogP contribution is -2.30. The molecular formula is C13H11BrN4O2S. The minimum absolute atomic E-state index is 0.0464. The van der Waals surface area contributed by atoms with E-state index in [-0.39, 0.29) is 37.5 Å². The number of hydrogen-bond donors (Lipinski definition) is 1. The Hall–Kier alpha value is -1.85. The summed E-state index contributed by atoms with van der Waals surface area (Å²) in [6.07, 6.45) is 2.10. The molecule has 0 unspecified atom stereocenters. The van der Waals surface area contributed by atoms with Gasteiger partial charge in [-0.25, -0.2) is 9.97 Å². The molecule has 21 heavy (non-hydrogen) atoms. The summed E-state index contributed by atoms with van der Waals surface area (Å²) < 4.78 is 1.76. The maximum Gasteiger partial charge on any atom is 0.227 e. The number of nitriles is 1. The summed E-state index contributed by atoms with van der Waals surface area (Å²) in [6, 6.07) is 3.79. The molecule has 1 N–H and O–H groups in total. The number of carbonyl (C=O) groups is 2. The van der Waals surface area contributed by atoms with E-state index in [0.29, 0.717) is 10.7 Å². The number of halogens is 1. The predicted octanol–water partition coefficient (Wildman–Crippen LogP) is 1.99. The number of Topliss-reactive ketones (excluding diaryl/α,β-unsaturated/α-hetero) is 1. The van der Waals surface area contributed by atoms with Gasteiger partial charge in [-0.15, -0.1) is 11.3 Å². The third kappa shape index (κ3) is 4.58. The third-order valence-corrected chi connectivity index (χ3v) is 3.99. The van der Waals surface area contributed by atoms with Gasteiger partial charge >= 0.3 is 0 Å². The van der Waals surface area contributed by atoms with Crippen LogP contribution in [0.15, 0.2) is 16.7 Å². The van der Waals surface area contributed by atoms with Crippen molar-refractivity contribution >= 4 is 49.3 Å². The van der Waals surface area contributed by atoms with Crippen molar-refractivity contribution in [3.8, 4) is 6.07 Å². The highest BCUT2D eigenvalue weighted by atomic mass is 79.9. The minimum atomic E-state index is -0.265. The third-order valence-electron chi connectivity index (χ3n) is 2.57. The topological polar surface area (TPSA) is 95.7 Å². The maximum absolute atomic E-state index is 11.7. The van der Waals surface area contributed by atoms with Crippen LogP contribution in [-0.2, 0) is 16.0 Å². The normalized spacial score (nSPS) is 10.3. The molecule has 0 saturated heterocycles. The number of hydrogen-bond acceptors (Lipinski definition) is 6. The van der Waals surface area contributed by atoms with Gasteiger partial charge in [0.2, 0.25) is 5.91 Å². The summed E-state index contributed by atoms with van der Waals surface area (Å²) in [7, 11) is 0. The van der Waals surface area contributed by atoms with Crippen molar-refractivity contribution in [3.05, 3.63) is 21.7 Å². The zero-order chi connectivity index (χ0) is 15.2. The van der Waals surface area contributed by atoms with Gasteiger partial charge < -0.3 is 5.32 Å². The Morgan fingerprint density at radius 3 is 3.05 bits per heavy atom. The molecular weight excluding hydrogens is 356 g/mol. The summed E-state index contributed by atoms with van der Waals surface area (Å²) in [5, 5.41) is 11.6. The number of fused-ring (bicyclic) bond motifs is 1. The molecule has 2 rings (SSSR count). The fraction of sp³-hybridized carbons (Fsp3) is 0.308. The number of amides is 1. The van der Waals surface area contributed by atoms with Gasteiger partial charge in [-0.1, -0.05) is 0 Å². The lowest BCUT2D eigenvalue weighted by atomic mass is 10.2. The SMILES string of the molecule is N#CCCC(=O)CNC(=O)Cc1nc2ncc(Br)cc2s1. The fourth-order valence-corrected chi connectivity index (χ4v) is 3.04. The lowest BCUT2D eigenvalue weighted by Gasteiger charge is -2.01. The van der Waals surface area contributed by atoms with Crippen LogP contribution >= 0.6 is 27.3 Å². The standard InChI is InChI=1S/C13H11BrN4O2S/c14-8-4-10-13(17-6-8)18-12(21-10)5-11(20)16-7-9(19)2-1-3-15/h4,6H,1-2,5,7H2,(H,16,20). The number of nitrogens with zero attached hydrogens (tertiary/aromatic N) is 3. The van der Waals surface area contributed by atoms with E-state index in [0.717, 1.165) is 9.17 Å². The summed E-state index contributed by atoms with van der Waals surface area (Å²) in [5.74, 6) is -0.418. The average molecular weight is 367 g/mol. The zero-order valence-corrected chi connectivity index (χ0v) is 13.3. The van der Waals surface area contributed by atoms with Gasteiger partial charge in [0.1, 0.15) is 5.01 Å². The van der Waals surface area contributed by atoms with Crippen LogP contribution in [0, 0.1) is 11.3 Å². The molecule has 0 aliphatic heterocycles. The minimum Gasteiger partial charge on any atom is -0.349 e. The van der Waals surface area contributed by atoms with Gasteiger partial charge in [-0.2, -0.15) is 5.26 Å². The summed E-state index contributed by atoms with van der Waals surface area (Å²) in [6.45, 7) is -0.0464. The van der Waals surface area contributed by atoms with E-state index in [1.54, 1.807) is 6.20 Å². The number of carbonyl (C=O) groups excluding carboxylic acids is 2. The van der Waals surface area contributed by atoms with Gasteiger partial charge in [-0.05, 0) is 22.0 Å². The van der Waals surface area contributed by atoms with E-state index in [4.69, 9.17) is 5.26 Å². The highest BCUT2D eigenvalue weighted by molar-refractivity contribution is 9.10. The molecule has 1 amide bonds. The van der Waals surface area contributed by atoms with E-state index in [2.05, 4.69) is 31.2 Å². The second-order valence-electron chi connectivity index (χ2n) is 4.23. The van der Waals surface area contributed by atoms with Crippen LogP contribution in [-0.4, -0.2) is 28.2 Å². The molecule has 0 radical (unpaired) electrons. The Labute approximate surface area is 133 Å². The molecule has 0 fully saturated rings. The number of pyridine rings is 1. The van der Waals surface area contributed by atoms with Gasteiger partial charge in [0.25, 0.3) is 0 Å². The molecule has 2 aromatic heterocycles. The van der Waals surface area contributed by atoms with Crippen LogP contribution in [0.1, 0.15) is 17.8 Å². The molecule has 0 aromatic carbocycles. The lowest BCUT2D eigenvalue weighted by molar-refractivity contribution is -0.124. The van der Waals surface area contributed by atoms with Crippen molar-refractivity contribution in [1.29, 1.82) is 5.26 Å². The quantitative estimate of drug-likeness (QED) is 0.842. The van der Waals surface area contributed by atoms with Crippen LogP contribution in [0.4, 0.5) is 0 Å². The first-order valence-electron chi connectivity index (χ1n) is 6.15. The van der Waals surface area contributed by atoms with Crippen LogP contribution in [0.3, 0.4) is 0 Å². The number of rotatable bonds is 6. The molecule has 8 heteroatoms. The van der Waals surface area contributed by atoms with Crippen molar-refractivity contribution in [2.45, 2.75) is 19.3 Å². The second-order valence-corrected chi connectivity index (χ2v) is 6.26. The molecule has 0 saturated carbocycles. The Balaban J connectivity index is 1.89. The van der Waals surface area contributed by atoms with E-state index in [9.17, 15) is 9.59 Å². The Morgan fingerprint density at radius 2 is 2.29 bits per heavy atom. The van der Waals surface area contributed by atoms with Crippen LogP contribution in [0.25, 0.3) is 10.3 Å². The van der Waals surface area contributed by atoms with E-state index in [1.807, 2.05) is 12.1 Å². The van der Waals surface area contributed by atoms with Gasteiger partial charge in [0, 0.05) is 23.5 Å². The van der Waals surface area contributed by atoms with Crippen molar-refractivity contribution < 1.29 is 9.59 Å². The Morgan fingerprint density at radius 1 is 1.48 bits per heavy atom. The average Bonchev–Trinajstić information content (AvgIpc) is 2.84. The number of ketones is 1. The fourth-order valence-electron chi connectivity index (χ4n) is 1.60. The van der Waals surface area contributed by atoms with Crippen LogP contribution in [0.2, 0.25) is 0 Å². The van der Waals surface area contributed by atoms with Crippen molar-refractivity contribution in [2.24, 2.45) is 0 Å². The van der Waals surface area contributed by atoms with Crippen LogP contribution < -0.4 is 5.32 Å². The zero-order valence-electron chi connectivity index (χ0n) is 10.9. The summed E-state index contributed by atoms with van der Waals surface area (Å²) >= 11 is 4.73. The van der Waals surface area contributed by atoms with Gasteiger partial charge in [-0.3, -0.25) is 9.59 Å². The molecule has 108 valence electrons. The van der Waals surface area contributed by atoms with E-state index < -0.39 is 0 Å². The number of aromatic nitrogens is 2. The molecule has 2 aromatic rings. The van der Waals surface area contributed by atoms with Crippen LogP contribution in [0.5, 0.6) is 0 Å². The molecule has 0 spiro atoms. The maximum atomic E-state index is 11.7. The monoisotopic (exact) mass is 366 g/mol. The molecule has 6 nitrogen and oxygen atoms in total. The molecule has 0 aliphatic rings. The first-order valence-corrected chi connectivity index (χ1v) is 7.75. The van der Waals surface area contributed by atoms with Crippen molar-refractivity contribution in [3.63, 3.8) is 0 Å². The number of nitrogens with one attached hydrogen (secondary N) is 1. The largest absolute Gasteiger partial charge is 0.349 e. The number of thiazole rings is 1. The molecule has 0 atom stereocenters. The molecule has 2 heterocycles. The van der Waals surface area contributed by atoms with E-state index >= 15 is 0 Å². The Kier molecular flexibility index (Phi) is 5.36. The highest BCUT2D eigenvalue weighted by Gasteiger charge is 2.11. The van der Waals surface area contributed by atoms with Crippen molar-refractivity contribution in [1.82, 2.24) is 15.3 Å². The van der Waals surface area contributed by atoms with Gasteiger partial charge in [0.15, 0.2) is 11.4 Å². The van der Waals surface area contributed by atoms with Crippen molar-refractivity contribution in [2.75, 3.05) is 6.54 Å². The first kappa shape index (κ1) is 15.5. The summed E-state index contributed by atoms with van der Waals surface area (Å²) in [5.41, 5.74) is 0.607. The highest BCUT2D eigenvalue weighted by Crippen LogP contribution is 2.23. The first-order chi connectivity index (χ1) is 10.1. The Bertz CT molecular complexity index is 723. The van der Waals surface area contributed by atoms with Gasteiger partial charge in [0.05, 0.1) is 23.7 Å². The van der Waals surface area contributed by atoms with E-state index in [1.165, 1.54) is 11.3 Å². The summed E-state index contributed by atoms with van der Waals surface area (Å²) in [4.78, 5) is 31.5. The second kappa shape index (κ2) is 7.24. The molecule has 0 aliphatic carbocycles. The molecule has 0 bridgehead atoms. The predicted molar refractivity (Wildman–Crippen MR) is 81.7 cm³/mol.